The molecule has 0 amide bonds. The number of nitrogens with zero attached hydrogens (tertiary/aromatic N) is 1. The number of hydrogen-bond donors (Lipinski definition) is 0. The number of rotatable bonds is 3. The summed E-state index contributed by atoms with van der Waals surface area (Å²) in [4.78, 5) is 14.7. The van der Waals surface area contributed by atoms with Crippen LogP contribution in [0.3, 0.4) is 0 Å². The lowest BCUT2D eigenvalue weighted by molar-refractivity contribution is -0.112. The first-order valence-corrected chi connectivity index (χ1v) is 4.62. The summed E-state index contributed by atoms with van der Waals surface area (Å²) < 4.78 is 0. The molecule has 0 bridgehead atoms. The van der Waals surface area contributed by atoms with Crippen LogP contribution in [0, 0.1) is 5.41 Å². The molecule has 0 aliphatic heterocycles. The molecule has 0 saturated heterocycles. The van der Waals surface area contributed by atoms with Crippen molar-refractivity contribution in [1.82, 2.24) is 4.98 Å². The van der Waals surface area contributed by atoms with Gasteiger partial charge in [-0.1, -0.05) is 0 Å². The van der Waals surface area contributed by atoms with Crippen LogP contribution in [-0.4, -0.2) is 11.3 Å². The third kappa shape index (κ3) is 1.33. The Morgan fingerprint density at radius 2 is 2.55 bits per heavy atom. The van der Waals surface area contributed by atoms with Gasteiger partial charge in [-0.3, -0.25) is 0 Å². The van der Waals surface area contributed by atoms with Gasteiger partial charge >= 0.3 is 0 Å². The molecule has 1 aliphatic rings. The summed E-state index contributed by atoms with van der Waals surface area (Å²) in [6.07, 6.45) is 4.04. The molecule has 0 aromatic carbocycles. The second kappa shape index (κ2) is 2.41. The Hall–Kier alpha value is -0.700. The molecule has 11 heavy (non-hydrogen) atoms. The molecule has 1 fully saturated rings. The van der Waals surface area contributed by atoms with E-state index < -0.39 is 0 Å². The molecule has 0 spiro atoms. The van der Waals surface area contributed by atoms with Gasteiger partial charge in [0.1, 0.15) is 6.29 Å². The number of thiazole rings is 1. The molecule has 58 valence electrons. The fraction of sp³-hybridized carbons (Fsp3) is 0.500. The highest BCUT2D eigenvalue weighted by Crippen LogP contribution is 2.46. The van der Waals surface area contributed by atoms with Crippen LogP contribution in [0.5, 0.6) is 0 Å². The predicted octanol–water partition coefficient (Wildman–Crippen LogP) is 1.66. The van der Waals surface area contributed by atoms with E-state index in [1.54, 1.807) is 11.3 Å². The van der Waals surface area contributed by atoms with Gasteiger partial charge in [-0.05, 0) is 12.8 Å². The van der Waals surface area contributed by atoms with Crippen LogP contribution < -0.4 is 0 Å². The summed E-state index contributed by atoms with van der Waals surface area (Å²) in [5.74, 6) is 0. The summed E-state index contributed by atoms with van der Waals surface area (Å²) in [5.41, 5.74) is 2.86. The highest BCUT2D eigenvalue weighted by atomic mass is 32.1. The number of carbonyl (C=O) groups is 1. The van der Waals surface area contributed by atoms with Crippen molar-refractivity contribution in [3.05, 3.63) is 16.6 Å². The molecule has 0 unspecified atom stereocenters. The summed E-state index contributed by atoms with van der Waals surface area (Å²) in [6, 6.07) is 0. The second-order valence-corrected chi connectivity index (χ2v) is 3.86. The Morgan fingerprint density at radius 1 is 1.73 bits per heavy atom. The average Bonchev–Trinajstić information content (AvgIpc) is 2.59. The van der Waals surface area contributed by atoms with Crippen LogP contribution in [0.2, 0.25) is 0 Å². The number of aromatic nitrogens is 1. The third-order valence-corrected chi connectivity index (χ3v) is 2.79. The van der Waals surface area contributed by atoms with Crippen LogP contribution in [0.25, 0.3) is 0 Å². The van der Waals surface area contributed by atoms with E-state index in [1.807, 2.05) is 10.9 Å². The minimum absolute atomic E-state index is 0.0198. The lowest BCUT2D eigenvalue weighted by Gasteiger charge is -2.01. The van der Waals surface area contributed by atoms with Gasteiger partial charge < -0.3 is 4.79 Å². The van der Waals surface area contributed by atoms with Gasteiger partial charge in [0.25, 0.3) is 0 Å². The van der Waals surface area contributed by atoms with E-state index in [0.29, 0.717) is 0 Å². The topological polar surface area (TPSA) is 30.0 Å². The van der Waals surface area contributed by atoms with Gasteiger partial charge in [0.05, 0.1) is 11.2 Å². The van der Waals surface area contributed by atoms with Gasteiger partial charge in [-0.2, -0.15) is 0 Å². The third-order valence-electron chi connectivity index (χ3n) is 2.16. The van der Waals surface area contributed by atoms with Gasteiger partial charge in [0, 0.05) is 17.2 Å². The Bertz CT molecular complexity index is 251. The first kappa shape index (κ1) is 6.98. The van der Waals surface area contributed by atoms with Crippen molar-refractivity contribution in [2.75, 3.05) is 0 Å². The summed E-state index contributed by atoms with van der Waals surface area (Å²) >= 11 is 1.59. The van der Waals surface area contributed by atoms with E-state index in [1.165, 1.54) is 0 Å². The Balaban J connectivity index is 2.06. The summed E-state index contributed by atoms with van der Waals surface area (Å²) in [5, 5.41) is 2.02. The first-order valence-electron chi connectivity index (χ1n) is 3.68. The fourth-order valence-corrected chi connectivity index (χ4v) is 1.74. The van der Waals surface area contributed by atoms with Crippen molar-refractivity contribution in [3.8, 4) is 0 Å². The van der Waals surface area contributed by atoms with Crippen LogP contribution in [0.15, 0.2) is 10.9 Å². The first-order chi connectivity index (χ1) is 5.35. The molecule has 3 heteroatoms. The van der Waals surface area contributed by atoms with Crippen LogP contribution in [0.1, 0.15) is 18.5 Å². The van der Waals surface area contributed by atoms with E-state index in [-0.39, 0.29) is 5.41 Å². The van der Waals surface area contributed by atoms with Crippen molar-refractivity contribution in [1.29, 1.82) is 0 Å². The Morgan fingerprint density at radius 3 is 3.00 bits per heavy atom. The Labute approximate surface area is 69.3 Å². The summed E-state index contributed by atoms with van der Waals surface area (Å²) in [7, 11) is 0. The van der Waals surface area contributed by atoms with E-state index in [2.05, 4.69) is 4.98 Å². The minimum Gasteiger partial charge on any atom is -0.303 e. The zero-order chi connectivity index (χ0) is 7.73. The van der Waals surface area contributed by atoms with E-state index in [0.717, 1.165) is 31.2 Å². The van der Waals surface area contributed by atoms with E-state index in [4.69, 9.17) is 0 Å². The molecule has 1 aromatic heterocycles. The van der Waals surface area contributed by atoms with Crippen molar-refractivity contribution < 1.29 is 4.79 Å². The maximum Gasteiger partial charge on any atom is 0.126 e. The molecular weight excluding hydrogens is 158 g/mol. The maximum atomic E-state index is 10.6. The SMILES string of the molecule is O=CC1(Cc2cscn2)CC1. The standard InChI is InChI=1S/C8H9NOS/c10-5-8(1-2-8)3-7-4-11-6-9-7/h4-6H,1-3H2. The average molecular weight is 167 g/mol. The summed E-state index contributed by atoms with van der Waals surface area (Å²) in [6.45, 7) is 0. The minimum atomic E-state index is -0.0198. The van der Waals surface area contributed by atoms with Crippen LogP contribution in [0.4, 0.5) is 0 Å². The maximum absolute atomic E-state index is 10.6. The highest BCUT2D eigenvalue weighted by Gasteiger charge is 2.42. The quantitative estimate of drug-likeness (QED) is 0.641. The number of aldehydes is 1. The molecule has 1 heterocycles. The van der Waals surface area contributed by atoms with Gasteiger partial charge in [0.2, 0.25) is 0 Å². The normalized spacial score (nSPS) is 19.6. The Kier molecular flexibility index (Phi) is 1.53. The van der Waals surface area contributed by atoms with Gasteiger partial charge in [0.15, 0.2) is 0 Å². The lowest BCUT2D eigenvalue weighted by atomic mass is 10.0. The molecule has 2 rings (SSSR count). The van der Waals surface area contributed by atoms with Gasteiger partial charge in [-0.15, -0.1) is 11.3 Å². The molecule has 1 aliphatic carbocycles. The van der Waals surface area contributed by atoms with Crippen molar-refractivity contribution in [2.45, 2.75) is 19.3 Å². The van der Waals surface area contributed by atoms with E-state index >= 15 is 0 Å². The number of hydrogen-bond acceptors (Lipinski definition) is 3. The molecule has 0 N–H and O–H groups in total. The molecule has 2 nitrogen and oxygen atoms in total. The van der Waals surface area contributed by atoms with Crippen molar-refractivity contribution in [2.24, 2.45) is 5.41 Å². The molecule has 0 radical (unpaired) electrons. The highest BCUT2D eigenvalue weighted by molar-refractivity contribution is 7.07. The molecular formula is C8H9NOS. The van der Waals surface area contributed by atoms with E-state index in [9.17, 15) is 4.79 Å². The van der Waals surface area contributed by atoms with Crippen LogP contribution in [-0.2, 0) is 11.2 Å². The molecule has 1 aromatic rings. The van der Waals surface area contributed by atoms with Crippen molar-refractivity contribution in [3.63, 3.8) is 0 Å². The van der Waals surface area contributed by atoms with Crippen molar-refractivity contribution >= 4 is 17.6 Å². The number of carbonyl (C=O) groups excluding carboxylic acids is 1. The smallest absolute Gasteiger partial charge is 0.126 e. The molecule has 1 saturated carbocycles. The largest absolute Gasteiger partial charge is 0.303 e. The fourth-order valence-electron chi connectivity index (χ4n) is 1.18. The molecule has 0 atom stereocenters. The lowest BCUT2D eigenvalue weighted by Crippen LogP contribution is -2.05. The predicted molar refractivity (Wildman–Crippen MR) is 43.5 cm³/mol. The zero-order valence-corrected chi connectivity index (χ0v) is 6.93. The monoisotopic (exact) mass is 167 g/mol. The van der Waals surface area contributed by atoms with Crippen LogP contribution >= 0.6 is 11.3 Å². The second-order valence-electron chi connectivity index (χ2n) is 3.14. The van der Waals surface area contributed by atoms with Gasteiger partial charge in [-0.25, -0.2) is 4.98 Å². The zero-order valence-electron chi connectivity index (χ0n) is 6.12.